The first-order chi connectivity index (χ1) is 9.07. The predicted octanol–water partition coefficient (Wildman–Crippen LogP) is 1.57. The lowest BCUT2D eigenvalue weighted by atomic mass is 10.2. The van der Waals surface area contributed by atoms with Crippen LogP contribution in [0.2, 0.25) is 0 Å². The van der Waals surface area contributed by atoms with E-state index in [-0.39, 0.29) is 12.4 Å². The second-order valence-corrected chi connectivity index (χ2v) is 5.94. The minimum atomic E-state index is -3.34. The van der Waals surface area contributed by atoms with Crippen LogP contribution in [-0.2, 0) is 21.3 Å². The molecule has 0 atom stereocenters. The monoisotopic (exact) mass is 286 g/mol. The van der Waals surface area contributed by atoms with E-state index in [2.05, 4.69) is 10.0 Å². The number of hydrogen-bond acceptors (Lipinski definition) is 4. The van der Waals surface area contributed by atoms with Crippen LogP contribution in [0, 0.1) is 0 Å². The van der Waals surface area contributed by atoms with E-state index in [9.17, 15) is 8.42 Å². The lowest BCUT2D eigenvalue weighted by Gasteiger charge is -2.09. The molecule has 0 aromatic heterocycles. The van der Waals surface area contributed by atoms with Gasteiger partial charge in [-0.05, 0) is 31.2 Å². The third-order valence-electron chi connectivity index (χ3n) is 2.48. The van der Waals surface area contributed by atoms with Gasteiger partial charge in [-0.3, -0.25) is 4.72 Å². The molecule has 19 heavy (non-hydrogen) atoms. The lowest BCUT2D eigenvalue weighted by Crippen LogP contribution is -2.20. The molecule has 108 valence electrons. The van der Waals surface area contributed by atoms with Crippen molar-refractivity contribution in [2.75, 3.05) is 30.2 Å². The summed E-state index contributed by atoms with van der Waals surface area (Å²) in [5.74, 6) is -0.0295. The number of anilines is 1. The van der Waals surface area contributed by atoms with E-state index < -0.39 is 10.0 Å². The van der Waals surface area contributed by atoms with Gasteiger partial charge >= 0.3 is 0 Å². The molecule has 0 saturated carbocycles. The van der Waals surface area contributed by atoms with Crippen LogP contribution in [0.4, 0.5) is 5.69 Å². The minimum Gasteiger partial charge on any atom is -0.381 e. The summed E-state index contributed by atoms with van der Waals surface area (Å²) >= 11 is 0. The molecular formula is C13H22N2O3S. The summed E-state index contributed by atoms with van der Waals surface area (Å²) < 4.78 is 31.2. The Hall–Kier alpha value is -1.11. The highest BCUT2D eigenvalue weighted by Crippen LogP contribution is 2.12. The number of benzene rings is 1. The largest absolute Gasteiger partial charge is 0.381 e. The number of sulfonamides is 1. The van der Waals surface area contributed by atoms with Crippen molar-refractivity contribution in [3.63, 3.8) is 0 Å². The van der Waals surface area contributed by atoms with Gasteiger partial charge in [0.15, 0.2) is 0 Å². The summed E-state index contributed by atoms with van der Waals surface area (Å²) in [6, 6.07) is 7.38. The molecule has 0 aliphatic carbocycles. The van der Waals surface area contributed by atoms with Crippen molar-refractivity contribution < 1.29 is 13.2 Å². The van der Waals surface area contributed by atoms with Gasteiger partial charge in [-0.1, -0.05) is 19.1 Å². The SMILES string of the molecule is CCNCc1cccc(NS(=O)(=O)CCOCC)c1. The van der Waals surface area contributed by atoms with Crippen LogP contribution in [0.1, 0.15) is 19.4 Å². The van der Waals surface area contributed by atoms with Crippen LogP contribution in [-0.4, -0.2) is 33.9 Å². The highest BCUT2D eigenvalue weighted by atomic mass is 32.2. The number of hydrogen-bond donors (Lipinski definition) is 2. The fourth-order valence-corrected chi connectivity index (χ4v) is 2.48. The number of nitrogens with one attached hydrogen (secondary N) is 2. The number of rotatable bonds is 9. The maximum absolute atomic E-state index is 11.8. The van der Waals surface area contributed by atoms with Crippen molar-refractivity contribution in [3.05, 3.63) is 29.8 Å². The van der Waals surface area contributed by atoms with Gasteiger partial charge in [-0.2, -0.15) is 0 Å². The Balaban J connectivity index is 2.60. The smallest absolute Gasteiger partial charge is 0.234 e. The van der Waals surface area contributed by atoms with Crippen LogP contribution in [0.25, 0.3) is 0 Å². The van der Waals surface area contributed by atoms with Gasteiger partial charge in [0, 0.05) is 18.8 Å². The van der Waals surface area contributed by atoms with Crippen LogP contribution >= 0.6 is 0 Å². The highest BCUT2D eigenvalue weighted by Gasteiger charge is 2.10. The van der Waals surface area contributed by atoms with Crippen LogP contribution in [0.5, 0.6) is 0 Å². The molecule has 2 N–H and O–H groups in total. The lowest BCUT2D eigenvalue weighted by molar-refractivity contribution is 0.163. The maximum atomic E-state index is 11.8. The second kappa shape index (κ2) is 8.14. The molecule has 1 aromatic rings. The first-order valence-corrected chi connectivity index (χ1v) is 8.10. The van der Waals surface area contributed by atoms with Crippen molar-refractivity contribution in [1.29, 1.82) is 0 Å². The Morgan fingerprint density at radius 3 is 2.74 bits per heavy atom. The summed E-state index contributed by atoms with van der Waals surface area (Å²) in [6.45, 7) is 6.20. The van der Waals surface area contributed by atoms with Gasteiger partial charge in [0.2, 0.25) is 10.0 Å². The summed E-state index contributed by atoms with van der Waals surface area (Å²) in [5.41, 5.74) is 1.64. The quantitative estimate of drug-likeness (QED) is 0.676. The fraction of sp³-hybridized carbons (Fsp3) is 0.538. The van der Waals surface area contributed by atoms with E-state index in [1.54, 1.807) is 6.07 Å². The van der Waals surface area contributed by atoms with Crippen LogP contribution < -0.4 is 10.0 Å². The molecule has 0 saturated heterocycles. The van der Waals surface area contributed by atoms with Gasteiger partial charge in [0.1, 0.15) is 0 Å². The average molecular weight is 286 g/mol. The molecular weight excluding hydrogens is 264 g/mol. The van der Waals surface area contributed by atoms with E-state index in [4.69, 9.17) is 4.74 Å². The number of ether oxygens (including phenoxy) is 1. The average Bonchev–Trinajstić information content (AvgIpc) is 2.36. The first kappa shape index (κ1) is 15.9. The summed E-state index contributed by atoms with van der Waals surface area (Å²) in [4.78, 5) is 0. The highest BCUT2D eigenvalue weighted by molar-refractivity contribution is 7.92. The summed E-state index contributed by atoms with van der Waals surface area (Å²) in [5, 5.41) is 3.20. The van der Waals surface area contributed by atoms with Gasteiger partial charge in [-0.15, -0.1) is 0 Å². The fourth-order valence-electron chi connectivity index (χ4n) is 1.56. The second-order valence-electron chi connectivity index (χ2n) is 4.10. The van der Waals surface area contributed by atoms with Crippen LogP contribution in [0.3, 0.4) is 0 Å². The van der Waals surface area contributed by atoms with Gasteiger partial charge in [0.05, 0.1) is 12.4 Å². The minimum absolute atomic E-state index is 0.0295. The normalized spacial score (nSPS) is 11.5. The zero-order valence-electron chi connectivity index (χ0n) is 11.5. The van der Waals surface area contributed by atoms with Gasteiger partial charge in [0.25, 0.3) is 0 Å². The molecule has 1 rings (SSSR count). The Bertz CT molecular complexity index is 475. The standard InChI is InChI=1S/C13H22N2O3S/c1-3-14-11-12-6-5-7-13(10-12)15-19(16,17)9-8-18-4-2/h5-7,10,14-15H,3-4,8-9,11H2,1-2H3. The van der Waals surface area contributed by atoms with E-state index in [1.807, 2.05) is 32.0 Å². The molecule has 0 aliphatic rings. The van der Waals surface area contributed by atoms with Crippen molar-refractivity contribution in [1.82, 2.24) is 5.32 Å². The summed E-state index contributed by atoms with van der Waals surface area (Å²) in [7, 11) is -3.34. The molecule has 1 aromatic carbocycles. The Morgan fingerprint density at radius 2 is 2.05 bits per heavy atom. The maximum Gasteiger partial charge on any atom is 0.234 e. The van der Waals surface area contributed by atoms with E-state index in [0.717, 1.165) is 18.7 Å². The Kier molecular flexibility index (Phi) is 6.83. The van der Waals surface area contributed by atoms with Crippen molar-refractivity contribution in [2.24, 2.45) is 0 Å². The molecule has 0 bridgehead atoms. The van der Waals surface area contributed by atoms with E-state index >= 15 is 0 Å². The first-order valence-electron chi connectivity index (χ1n) is 6.45. The predicted molar refractivity (Wildman–Crippen MR) is 77.7 cm³/mol. The molecule has 0 radical (unpaired) electrons. The molecule has 5 nitrogen and oxygen atoms in total. The van der Waals surface area contributed by atoms with Crippen LogP contribution in [0.15, 0.2) is 24.3 Å². The third-order valence-corrected chi connectivity index (χ3v) is 3.73. The zero-order chi connectivity index (χ0) is 14.1. The van der Waals surface area contributed by atoms with Crippen molar-refractivity contribution in [2.45, 2.75) is 20.4 Å². The summed E-state index contributed by atoms with van der Waals surface area (Å²) in [6.07, 6.45) is 0. The molecule has 0 amide bonds. The third kappa shape index (κ3) is 6.56. The van der Waals surface area contributed by atoms with E-state index in [0.29, 0.717) is 12.3 Å². The van der Waals surface area contributed by atoms with Gasteiger partial charge in [-0.25, -0.2) is 8.42 Å². The molecule has 0 spiro atoms. The molecule has 0 heterocycles. The molecule has 0 aliphatic heterocycles. The molecule has 0 fully saturated rings. The zero-order valence-corrected chi connectivity index (χ0v) is 12.3. The Morgan fingerprint density at radius 1 is 1.26 bits per heavy atom. The topological polar surface area (TPSA) is 67.4 Å². The molecule has 0 unspecified atom stereocenters. The van der Waals surface area contributed by atoms with Crippen molar-refractivity contribution in [3.8, 4) is 0 Å². The van der Waals surface area contributed by atoms with Gasteiger partial charge < -0.3 is 10.1 Å². The van der Waals surface area contributed by atoms with Crippen molar-refractivity contribution >= 4 is 15.7 Å². The molecule has 6 heteroatoms. The van der Waals surface area contributed by atoms with E-state index in [1.165, 1.54) is 0 Å². The Labute approximate surface area is 115 Å².